The highest BCUT2D eigenvalue weighted by Crippen LogP contribution is 2.47. The molecule has 98 valence electrons. The molecule has 0 aliphatic heterocycles. The van der Waals surface area contributed by atoms with Crippen molar-refractivity contribution in [3.05, 3.63) is 31.2 Å². The van der Waals surface area contributed by atoms with Crippen LogP contribution in [0.5, 0.6) is 5.75 Å². The van der Waals surface area contributed by atoms with Crippen molar-refractivity contribution in [2.45, 2.75) is 12.8 Å². The van der Waals surface area contributed by atoms with Crippen LogP contribution >= 0.6 is 44.5 Å². The average Bonchev–Trinajstić information content (AvgIpc) is 3.08. The third-order valence-corrected chi connectivity index (χ3v) is 4.86. The first-order chi connectivity index (χ1) is 8.47. The van der Waals surface area contributed by atoms with Gasteiger partial charge in [0.2, 0.25) is 0 Å². The van der Waals surface area contributed by atoms with Crippen LogP contribution in [0.1, 0.15) is 12.8 Å². The summed E-state index contributed by atoms with van der Waals surface area (Å²) >= 11 is 10.9. The monoisotopic (exact) mass is 395 g/mol. The van der Waals surface area contributed by atoms with Gasteiger partial charge in [-0.25, -0.2) is 0 Å². The molecule has 0 spiro atoms. The van der Waals surface area contributed by atoms with Crippen LogP contribution in [0, 0.1) is 15.5 Å². The summed E-state index contributed by atoms with van der Waals surface area (Å²) in [5, 5.41) is 10.7. The van der Waals surface area contributed by atoms with Crippen LogP contribution in [0.3, 0.4) is 0 Å². The highest BCUT2D eigenvalue weighted by Gasteiger charge is 2.42. The molecule has 1 aliphatic carbocycles. The molecule has 0 bridgehead atoms. The van der Waals surface area contributed by atoms with Crippen molar-refractivity contribution in [3.63, 3.8) is 0 Å². The smallest absolute Gasteiger partial charge is 0.271 e. The number of nitrogens with zero attached hydrogens (tertiary/aromatic N) is 1. The number of hydrogen-bond donors (Lipinski definition) is 1. The third-order valence-electron chi connectivity index (χ3n) is 3.01. The Labute approximate surface area is 127 Å². The Morgan fingerprint density at radius 2 is 1.94 bits per heavy atom. The second-order valence-electron chi connectivity index (χ2n) is 4.44. The maximum atomic E-state index is 10.7. The van der Waals surface area contributed by atoms with Gasteiger partial charge in [0.25, 0.3) is 5.69 Å². The van der Waals surface area contributed by atoms with Crippen LogP contribution in [0.2, 0.25) is 0 Å². The predicted octanol–water partition coefficient (Wildman–Crippen LogP) is 4.21. The van der Waals surface area contributed by atoms with Crippen LogP contribution in [0.25, 0.3) is 0 Å². The molecule has 1 aliphatic rings. The van der Waals surface area contributed by atoms with Gasteiger partial charge in [-0.3, -0.25) is 10.1 Å². The van der Waals surface area contributed by atoms with Gasteiger partial charge in [-0.05, 0) is 50.5 Å². The zero-order valence-electron chi connectivity index (χ0n) is 9.36. The Morgan fingerprint density at radius 1 is 1.39 bits per heavy atom. The number of non-ortho nitro benzene ring substituents is 1. The van der Waals surface area contributed by atoms with E-state index in [-0.39, 0.29) is 11.1 Å². The molecule has 18 heavy (non-hydrogen) atoms. The van der Waals surface area contributed by atoms with Gasteiger partial charge in [-0.15, -0.1) is 0 Å². The lowest BCUT2D eigenvalue weighted by Gasteiger charge is -2.15. The highest BCUT2D eigenvalue weighted by atomic mass is 79.9. The molecule has 1 saturated carbocycles. The molecule has 1 aromatic carbocycles. The van der Waals surface area contributed by atoms with Gasteiger partial charge < -0.3 is 4.74 Å². The van der Waals surface area contributed by atoms with Crippen LogP contribution in [-0.2, 0) is 0 Å². The van der Waals surface area contributed by atoms with Gasteiger partial charge >= 0.3 is 0 Å². The summed E-state index contributed by atoms with van der Waals surface area (Å²) in [5.74, 6) is 1.41. The van der Waals surface area contributed by atoms with Crippen molar-refractivity contribution in [1.82, 2.24) is 0 Å². The number of ether oxygens (including phenoxy) is 1. The highest BCUT2D eigenvalue weighted by molar-refractivity contribution is 9.11. The molecule has 0 radical (unpaired) electrons. The van der Waals surface area contributed by atoms with Crippen LogP contribution < -0.4 is 4.74 Å². The van der Waals surface area contributed by atoms with Crippen molar-refractivity contribution >= 4 is 50.2 Å². The minimum absolute atomic E-state index is 0.0245. The Bertz CT molecular complexity index is 468. The fraction of sp³-hybridized carbons (Fsp3) is 0.455. The number of thiol groups is 1. The fourth-order valence-corrected chi connectivity index (χ4v) is 3.34. The van der Waals surface area contributed by atoms with E-state index in [0.29, 0.717) is 21.3 Å². The molecule has 0 aromatic heterocycles. The largest absolute Gasteiger partial charge is 0.491 e. The molecule has 2 rings (SSSR count). The maximum absolute atomic E-state index is 10.7. The zero-order valence-corrected chi connectivity index (χ0v) is 13.4. The summed E-state index contributed by atoms with van der Waals surface area (Å²) in [4.78, 5) is 10.3. The minimum Gasteiger partial charge on any atom is -0.491 e. The lowest BCUT2D eigenvalue weighted by molar-refractivity contribution is -0.385. The molecule has 1 aromatic rings. The first-order valence-electron chi connectivity index (χ1n) is 5.34. The Morgan fingerprint density at radius 3 is 2.33 bits per heavy atom. The number of halogens is 2. The van der Waals surface area contributed by atoms with E-state index < -0.39 is 4.92 Å². The van der Waals surface area contributed by atoms with E-state index in [1.807, 2.05) is 0 Å². The molecule has 4 nitrogen and oxygen atoms in total. The molecule has 0 amide bonds. The first-order valence-corrected chi connectivity index (χ1v) is 7.56. The maximum Gasteiger partial charge on any atom is 0.271 e. The number of hydrogen-bond acceptors (Lipinski definition) is 4. The Hall–Kier alpha value is -0.270. The Kier molecular flexibility index (Phi) is 4.23. The molecular weight excluding hydrogens is 386 g/mol. The van der Waals surface area contributed by atoms with E-state index in [2.05, 4.69) is 44.5 Å². The number of nitro groups is 1. The van der Waals surface area contributed by atoms with Gasteiger partial charge in [0.05, 0.1) is 20.5 Å². The molecule has 0 N–H and O–H groups in total. The van der Waals surface area contributed by atoms with Gasteiger partial charge in [-0.2, -0.15) is 12.6 Å². The summed E-state index contributed by atoms with van der Waals surface area (Å²) in [6.07, 6.45) is 2.25. The van der Waals surface area contributed by atoms with Gasteiger partial charge in [0.15, 0.2) is 0 Å². The normalized spacial score (nSPS) is 16.4. The lowest BCUT2D eigenvalue weighted by atomic mass is 10.2. The van der Waals surface area contributed by atoms with Crippen molar-refractivity contribution in [2.75, 3.05) is 12.4 Å². The quantitative estimate of drug-likeness (QED) is 0.460. The van der Waals surface area contributed by atoms with E-state index in [1.165, 1.54) is 12.1 Å². The van der Waals surface area contributed by atoms with E-state index in [1.54, 1.807) is 0 Å². The second kappa shape index (κ2) is 5.38. The summed E-state index contributed by atoms with van der Waals surface area (Å²) in [6, 6.07) is 2.89. The van der Waals surface area contributed by atoms with E-state index in [9.17, 15) is 10.1 Å². The summed E-state index contributed by atoms with van der Waals surface area (Å²) < 4.78 is 6.92. The molecule has 0 saturated heterocycles. The van der Waals surface area contributed by atoms with E-state index >= 15 is 0 Å². The molecule has 1 fully saturated rings. The number of benzene rings is 1. The summed E-state index contributed by atoms with van der Waals surface area (Å²) in [7, 11) is 0. The second-order valence-corrected chi connectivity index (χ2v) is 6.47. The predicted molar refractivity (Wildman–Crippen MR) is 79.5 cm³/mol. The van der Waals surface area contributed by atoms with Crippen LogP contribution in [-0.4, -0.2) is 17.3 Å². The molecule has 0 atom stereocenters. The Balaban J connectivity index is 2.15. The van der Waals surface area contributed by atoms with Crippen LogP contribution in [0.15, 0.2) is 21.1 Å². The average molecular weight is 397 g/mol. The zero-order chi connectivity index (χ0) is 13.3. The summed E-state index contributed by atoms with van der Waals surface area (Å²) in [6.45, 7) is 0.589. The fourth-order valence-electron chi connectivity index (χ4n) is 1.54. The number of rotatable bonds is 5. The van der Waals surface area contributed by atoms with Gasteiger partial charge in [0.1, 0.15) is 5.75 Å². The van der Waals surface area contributed by atoms with E-state index in [4.69, 9.17) is 4.74 Å². The van der Waals surface area contributed by atoms with Crippen molar-refractivity contribution in [1.29, 1.82) is 0 Å². The molecule has 7 heteroatoms. The third kappa shape index (κ3) is 3.00. The molecule has 0 unspecified atom stereocenters. The van der Waals surface area contributed by atoms with Gasteiger partial charge in [0, 0.05) is 17.5 Å². The van der Waals surface area contributed by atoms with E-state index in [0.717, 1.165) is 18.6 Å². The lowest BCUT2D eigenvalue weighted by Crippen LogP contribution is -2.15. The van der Waals surface area contributed by atoms with Crippen molar-refractivity contribution < 1.29 is 9.66 Å². The van der Waals surface area contributed by atoms with Crippen molar-refractivity contribution in [3.8, 4) is 5.75 Å². The van der Waals surface area contributed by atoms with Crippen molar-refractivity contribution in [2.24, 2.45) is 5.41 Å². The number of nitro benzene ring substituents is 1. The SMILES string of the molecule is O=[N+]([O-])c1cc(Br)c(OCC2(CS)CC2)c(Br)c1. The standard InChI is InChI=1S/C11H11Br2NO3S/c12-8-3-7(14(15)16)4-9(13)10(8)17-5-11(6-18)1-2-11/h3-4,18H,1-2,5-6H2. The minimum atomic E-state index is -0.435. The topological polar surface area (TPSA) is 52.4 Å². The first kappa shape index (κ1) is 14.1. The summed E-state index contributed by atoms with van der Waals surface area (Å²) in [5.41, 5.74) is 0.209. The molecular formula is C11H11Br2NO3S. The van der Waals surface area contributed by atoms with Crippen LogP contribution in [0.4, 0.5) is 5.69 Å². The molecule has 0 heterocycles. The van der Waals surface area contributed by atoms with Gasteiger partial charge in [-0.1, -0.05) is 0 Å².